The summed E-state index contributed by atoms with van der Waals surface area (Å²) < 4.78 is 17.3. The molecule has 0 aromatic heterocycles. The first-order valence-electron chi connectivity index (χ1n) is 5.91. The van der Waals surface area contributed by atoms with Gasteiger partial charge in [-0.05, 0) is 48.5 Å². The van der Waals surface area contributed by atoms with E-state index in [1.807, 2.05) is 41.5 Å². The van der Waals surface area contributed by atoms with Crippen molar-refractivity contribution in [1.29, 1.82) is 0 Å². The summed E-state index contributed by atoms with van der Waals surface area (Å²) in [6, 6.07) is 0. The summed E-state index contributed by atoms with van der Waals surface area (Å²) in [7, 11) is -3.01. The first-order chi connectivity index (χ1) is 7.19. The number of hydrogen-bond acceptors (Lipinski definition) is 4. The molecule has 0 spiro atoms. The second kappa shape index (κ2) is 6.71. The molecule has 0 radical (unpaired) electrons. The van der Waals surface area contributed by atoms with E-state index < -0.39 is 14.5 Å². The molecule has 0 aliphatic heterocycles. The van der Waals surface area contributed by atoms with Crippen LogP contribution in [0.4, 0.5) is 0 Å². The van der Waals surface area contributed by atoms with Gasteiger partial charge in [-0.15, -0.1) is 0 Å². The van der Waals surface area contributed by atoms with Crippen LogP contribution in [0, 0.1) is 0 Å². The van der Waals surface area contributed by atoms with Gasteiger partial charge in [0.2, 0.25) is 0 Å². The SMILES string of the molecule is CC(C)O[Si](OC(C)C)(OC(C)C)C(C)O. The minimum atomic E-state index is -3.01. The highest BCUT2D eigenvalue weighted by atomic mass is 28.4. The summed E-state index contributed by atoms with van der Waals surface area (Å²) in [5.41, 5.74) is -0.722. The molecule has 0 saturated carbocycles. The zero-order chi connectivity index (χ0) is 12.9. The lowest BCUT2D eigenvalue weighted by Crippen LogP contribution is -2.58. The Labute approximate surface area is 100 Å². The van der Waals surface area contributed by atoms with Gasteiger partial charge < -0.3 is 18.4 Å². The van der Waals surface area contributed by atoms with E-state index in [9.17, 15) is 5.11 Å². The van der Waals surface area contributed by atoms with Crippen molar-refractivity contribution in [3.05, 3.63) is 0 Å². The van der Waals surface area contributed by atoms with Gasteiger partial charge in [-0.25, -0.2) is 0 Å². The molecule has 0 heterocycles. The van der Waals surface area contributed by atoms with Gasteiger partial charge in [0.1, 0.15) is 5.73 Å². The third-order valence-electron chi connectivity index (χ3n) is 1.71. The summed E-state index contributed by atoms with van der Waals surface area (Å²) in [5.74, 6) is 0. The van der Waals surface area contributed by atoms with Crippen molar-refractivity contribution in [3.8, 4) is 0 Å². The first kappa shape index (κ1) is 16.1. The Kier molecular flexibility index (Phi) is 6.73. The molecule has 0 aromatic rings. The quantitative estimate of drug-likeness (QED) is 0.703. The molecule has 0 fully saturated rings. The molecule has 0 aliphatic carbocycles. The van der Waals surface area contributed by atoms with Crippen LogP contribution in [-0.2, 0) is 13.3 Å². The van der Waals surface area contributed by atoms with E-state index in [0.717, 1.165) is 0 Å². The molecule has 0 saturated heterocycles. The number of rotatable bonds is 7. The van der Waals surface area contributed by atoms with Crippen molar-refractivity contribution in [2.75, 3.05) is 0 Å². The predicted octanol–water partition coefficient (Wildman–Crippen LogP) is 2.12. The number of aliphatic hydroxyl groups excluding tert-OH is 1. The van der Waals surface area contributed by atoms with E-state index >= 15 is 0 Å². The van der Waals surface area contributed by atoms with Crippen molar-refractivity contribution in [2.24, 2.45) is 0 Å². The van der Waals surface area contributed by atoms with Crippen LogP contribution in [-0.4, -0.2) is 38.0 Å². The molecule has 4 nitrogen and oxygen atoms in total. The molecule has 98 valence electrons. The fourth-order valence-electron chi connectivity index (χ4n) is 1.36. The molecule has 1 atom stereocenters. The monoisotopic (exact) mass is 250 g/mol. The normalized spacial score (nSPS) is 15.2. The standard InChI is InChI=1S/C11H26O4Si/c1-8(2)13-16(11(7)12,14-9(3)4)15-10(5)6/h8-12H,1-7H3. The van der Waals surface area contributed by atoms with Gasteiger partial charge in [0.25, 0.3) is 0 Å². The average molecular weight is 250 g/mol. The topological polar surface area (TPSA) is 47.9 Å². The summed E-state index contributed by atoms with van der Waals surface area (Å²) in [5, 5.41) is 9.90. The Morgan fingerprint density at radius 2 is 0.938 bits per heavy atom. The summed E-state index contributed by atoms with van der Waals surface area (Å²) in [6.45, 7) is 13.2. The number of hydrogen-bond donors (Lipinski definition) is 1. The maximum absolute atomic E-state index is 9.90. The summed E-state index contributed by atoms with van der Waals surface area (Å²) in [4.78, 5) is 0. The van der Waals surface area contributed by atoms with Crippen molar-refractivity contribution in [3.63, 3.8) is 0 Å². The van der Waals surface area contributed by atoms with Crippen LogP contribution >= 0.6 is 0 Å². The molecule has 0 amide bonds. The Morgan fingerprint density at radius 1 is 0.688 bits per heavy atom. The minimum Gasteiger partial charge on any atom is -0.389 e. The summed E-state index contributed by atoms with van der Waals surface area (Å²) in [6.07, 6.45) is -0.0868. The maximum atomic E-state index is 9.90. The second-order valence-electron chi connectivity index (χ2n) is 4.78. The third kappa shape index (κ3) is 5.40. The molecule has 0 aliphatic rings. The third-order valence-corrected chi connectivity index (χ3v) is 5.13. The smallest absolute Gasteiger partial charge is 0.389 e. The molecule has 1 unspecified atom stereocenters. The van der Waals surface area contributed by atoms with Gasteiger partial charge in [-0.3, -0.25) is 0 Å². The molecular weight excluding hydrogens is 224 g/mol. The lowest BCUT2D eigenvalue weighted by molar-refractivity contribution is -0.0277. The zero-order valence-corrected chi connectivity index (χ0v) is 12.5. The van der Waals surface area contributed by atoms with E-state index in [1.165, 1.54) is 0 Å². The molecule has 16 heavy (non-hydrogen) atoms. The van der Waals surface area contributed by atoms with Gasteiger partial charge in [-0.1, -0.05) is 0 Å². The van der Waals surface area contributed by atoms with Gasteiger partial charge in [0.05, 0.1) is 0 Å². The average Bonchev–Trinajstić information content (AvgIpc) is 1.98. The van der Waals surface area contributed by atoms with Crippen LogP contribution < -0.4 is 0 Å². The van der Waals surface area contributed by atoms with Gasteiger partial charge in [0, 0.05) is 18.3 Å². The van der Waals surface area contributed by atoms with E-state index in [-0.39, 0.29) is 18.3 Å². The van der Waals surface area contributed by atoms with Crippen LogP contribution in [0.15, 0.2) is 0 Å². The highest BCUT2D eigenvalue weighted by Crippen LogP contribution is 2.21. The Balaban J connectivity index is 4.88. The highest BCUT2D eigenvalue weighted by molar-refractivity contribution is 6.62. The van der Waals surface area contributed by atoms with Gasteiger partial charge in [0.15, 0.2) is 0 Å². The van der Waals surface area contributed by atoms with Crippen molar-refractivity contribution < 1.29 is 18.4 Å². The molecular formula is C11H26O4Si. The Morgan fingerprint density at radius 3 is 1.06 bits per heavy atom. The lowest BCUT2D eigenvalue weighted by atomic mass is 10.5. The first-order valence-corrected chi connectivity index (χ1v) is 7.71. The van der Waals surface area contributed by atoms with E-state index in [0.29, 0.717) is 0 Å². The van der Waals surface area contributed by atoms with Crippen molar-refractivity contribution in [2.45, 2.75) is 72.5 Å². The summed E-state index contributed by atoms with van der Waals surface area (Å²) >= 11 is 0. The van der Waals surface area contributed by atoms with E-state index in [4.69, 9.17) is 13.3 Å². The Bertz CT molecular complexity index is 166. The predicted molar refractivity (Wildman–Crippen MR) is 66.1 cm³/mol. The Hall–Kier alpha value is 0.0569. The van der Waals surface area contributed by atoms with Gasteiger partial charge >= 0.3 is 8.80 Å². The molecule has 0 bridgehead atoms. The largest absolute Gasteiger partial charge is 0.531 e. The van der Waals surface area contributed by atoms with Crippen LogP contribution in [0.3, 0.4) is 0 Å². The van der Waals surface area contributed by atoms with Crippen LogP contribution in [0.25, 0.3) is 0 Å². The fraction of sp³-hybridized carbons (Fsp3) is 1.00. The molecule has 1 N–H and O–H groups in total. The maximum Gasteiger partial charge on any atom is 0.531 e. The van der Waals surface area contributed by atoms with Crippen molar-refractivity contribution in [1.82, 2.24) is 0 Å². The van der Waals surface area contributed by atoms with E-state index in [1.54, 1.807) is 6.92 Å². The van der Waals surface area contributed by atoms with Crippen molar-refractivity contribution >= 4 is 8.80 Å². The molecule has 5 heteroatoms. The van der Waals surface area contributed by atoms with Gasteiger partial charge in [-0.2, -0.15) is 0 Å². The highest BCUT2D eigenvalue weighted by Gasteiger charge is 2.49. The zero-order valence-electron chi connectivity index (χ0n) is 11.5. The molecule has 0 aromatic carbocycles. The van der Waals surface area contributed by atoms with E-state index in [2.05, 4.69) is 0 Å². The molecule has 0 rings (SSSR count). The fourth-order valence-corrected chi connectivity index (χ4v) is 4.09. The van der Waals surface area contributed by atoms with Crippen LogP contribution in [0.5, 0.6) is 0 Å². The minimum absolute atomic E-state index is 0.0289. The second-order valence-corrected chi connectivity index (χ2v) is 7.53. The van der Waals surface area contributed by atoms with Crippen LogP contribution in [0.1, 0.15) is 48.5 Å². The lowest BCUT2D eigenvalue weighted by Gasteiger charge is -2.36. The number of aliphatic hydroxyl groups is 1. The van der Waals surface area contributed by atoms with Crippen LogP contribution in [0.2, 0.25) is 0 Å².